The number of halogens is 1. The summed E-state index contributed by atoms with van der Waals surface area (Å²) in [5.41, 5.74) is 6.56. The van der Waals surface area contributed by atoms with Crippen LogP contribution in [0, 0.1) is 27.7 Å². The molecule has 0 saturated carbocycles. The Balaban J connectivity index is 1.87. The summed E-state index contributed by atoms with van der Waals surface area (Å²) in [4.78, 5) is 17.6. The van der Waals surface area contributed by atoms with Crippen molar-refractivity contribution in [2.24, 2.45) is 12.0 Å². The number of hydrogen-bond acceptors (Lipinski definition) is 3. The molecule has 6 nitrogen and oxygen atoms in total. The standard InChI is InChI=1S/C23H26BrN5O/c1-14-10-15(2)12-18(11-14)22(30)27-23(26-20-8-6-19(24)7-9-20)25-13-21-16(3)28-29(5)17(21)4/h6-12H,13H2,1-5H3,(H2,25,26,27,30). The number of guanidine groups is 1. The van der Waals surface area contributed by atoms with Crippen molar-refractivity contribution in [3.05, 3.63) is 80.6 Å². The van der Waals surface area contributed by atoms with Crippen LogP contribution < -0.4 is 10.6 Å². The van der Waals surface area contributed by atoms with Crippen LogP contribution in [0.25, 0.3) is 0 Å². The van der Waals surface area contributed by atoms with E-state index in [1.165, 1.54) is 0 Å². The zero-order chi connectivity index (χ0) is 21.8. The molecule has 156 valence electrons. The van der Waals surface area contributed by atoms with Gasteiger partial charge in [-0.05, 0) is 64.1 Å². The first-order chi connectivity index (χ1) is 14.2. The van der Waals surface area contributed by atoms with E-state index in [1.807, 2.05) is 81.9 Å². The first-order valence-electron chi connectivity index (χ1n) is 9.68. The van der Waals surface area contributed by atoms with E-state index in [0.29, 0.717) is 18.1 Å². The number of amides is 1. The molecule has 0 saturated heterocycles. The molecule has 0 fully saturated rings. The second-order valence-corrected chi connectivity index (χ2v) is 8.32. The van der Waals surface area contributed by atoms with Crippen LogP contribution in [0.5, 0.6) is 0 Å². The van der Waals surface area contributed by atoms with E-state index in [1.54, 1.807) is 0 Å². The summed E-state index contributed by atoms with van der Waals surface area (Å²) in [5.74, 6) is 0.189. The predicted octanol–water partition coefficient (Wildman–Crippen LogP) is 4.81. The highest BCUT2D eigenvalue weighted by molar-refractivity contribution is 9.10. The van der Waals surface area contributed by atoms with Gasteiger partial charge >= 0.3 is 0 Å². The average molecular weight is 468 g/mol. The predicted molar refractivity (Wildman–Crippen MR) is 125 cm³/mol. The summed E-state index contributed by atoms with van der Waals surface area (Å²) in [5, 5.41) is 10.6. The maximum atomic E-state index is 12.9. The van der Waals surface area contributed by atoms with E-state index < -0.39 is 0 Å². The van der Waals surface area contributed by atoms with Crippen LogP contribution in [0.3, 0.4) is 0 Å². The summed E-state index contributed by atoms with van der Waals surface area (Å²) in [6.07, 6.45) is 0. The number of carbonyl (C=O) groups excluding carboxylic acids is 1. The van der Waals surface area contributed by atoms with Crippen molar-refractivity contribution in [1.29, 1.82) is 0 Å². The highest BCUT2D eigenvalue weighted by Crippen LogP contribution is 2.16. The minimum Gasteiger partial charge on any atom is -0.326 e. The van der Waals surface area contributed by atoms with Crippen LogP contribution in [0.2, 0.25) is 0 Å². The Morgan fingerprint density at radius 1 is 1.07 bits per heavy atom. The molecule has 1 aromatic heterocycles. The van der Waals surface area contributed by atoms with E-state index in [2.05, 4.69) is 36.7 Å². The lowest BCUT2D eigenvalue weighted by Crippen LogP contribution is -2.36. The number of hydrogen-bond donors (Lipinski definition) is 2. The Morgan fingerprint density at radius 3 is 2.27 bits per heavy atom. The van der Waals surface area contributed by atoms with Crippen LogP contribution in [0.15, 0.2) is 51.9 Å². The fourth-order valence-corrected chi connectivity index (χ4v) is 3.53. The lowest BCUT2D eigenvalue weighted by molar-refractivity contribution is 0.0976. The van der Waals surface area contributed by atoms with Gasteiger partial charge in [-0.25, -0.2) is 4.99 Å². The maximum Gasteiger partial charge on any atom is 0.257 e. The van der Waals surface area contributed by atoms with E-state index in [4.69, 9.17) is 0 Å². The Labute approximate surface area is 185 Å². The summed E-state index contributed by atoms with van der Waals surface area (Å²) in [6, 6.07) is 13.5. The molecular weight excluding hydrogens is 442 g/mol. The summed E-state index contributed by atoms with van der Waals surface area (Å²) >= 11 is 3.44. The lowest BCUT2D eigenvalue weighted by atomic mass is 10.1. The van der Waals surface area contributed by atoms with Crippen molar-refractivity contribution in [2.75, 3.05) is 5.32 Å². The molecule has 7 heteroatoms. The van der Waals surface area contributed by atoms with E-state index in [9.17, 15) is 4.79 Å². The van der Waals surface area contributed by atoms with Crippen molar-refractivity contribution in [1.82, 2.24) is 15.1 Å². The van der Waals surface area contributed by atoms with Gasteiger partial charge in [0.25, 0.3) is 5.91 Å². The fourth-order valence-electron chi connectivity index (χ4n) is 3.27. The van der Waals surface area contributed by atoms with Gasteiger partial charge in [0.15, 0.2) is 0 Å². The molecule has 0 aliphatic rings. The third-order valence-corrected chi connectivity index (χ3v) is 5.41. The van der Waals surface area contributed by atoms with E-state index >= 15 is 0 Å². The monoisotopic (exact) mass is 467 g/mol. The molecular formula is C23H26BrN5O. The number of aliphatic imine (C=N–C) groups is 1. The molecule has 0 spiro atoms. The highest BCUT2D eigenvalue weighted by atomic mass is 79.9. The molecule has 0 radical (unpaired) electrons. The van der Waals surface area contributed by atoms with Crippen LogP contribution in [0.1, 0.15) is 38.4 Å². The zero-order valence-electron chi connectivity index (χ0n) is 17.9. The minimum absolute atomic E-state index is 0.204. The first-order valence-corrected chi connectivity index (χ1v) is 10.5. The number of carbonyl (C=O) groups is 1. The number of aromatic nitrogens is 2. The fraction of sp³-hybridized carbons (Fsp3) is 0.261. The van der Waals surface area contributed by atoms with Gasteiger partial charge in [0, 0.05) is 34.0 Å². The van der Waals surface area contributed by atoms with Crippen molar-refractivity contribution in [3.63, 3.8) is 0 Å². The number of benzene rings is 2. The van der Waals surface area contributed by atoms with Gasteiger partial charge in [-0.15, -0.1) is 0 Å². The Kier molecular flexibility index (Phi) is 6.72. The maximum absolute atomic E-state index is 12.9. The van der Waals surface area contributed by atoms with Gasteiger partial charge in [0.1, 0.15) is 0 Å². The molecule has 1 heterocycles. The van der Waals surface area contributed by atoms with Gasteiger partial charge in [0.2, 0.25) is 5.96 Å². The van der Waals surface area contributed by atoms with Crippen LogP contribution >= 0.6 is 15.9 Å². The first kappa shape index (κ1) is 21.8. The Hall–Kier alpha value is -2.93. The molecule has 0 unspecified atom stereocenters. The molecule has 0 aliphatic carbocycles. The molecule has 2 aromatic carbocycles. The second-order valence-electron chi connectivity index (χ2n) is 7.40. The summed E-state index contributed by atoms with van der Waals surface area (Å²) in [7, 11) is 1.92. The quantitative estimate of drug-likeness (QED) is 0.426. The van der Waals surface area contributed by atoms with Gasteiger partial charge in [-0.3, -0.25) is 14.8 Å². The molecule has 30 heavy (non-hydrogen) atoms. The van der Waals surface area contributed by atoms with Crippen LogP contribution in [-0.4, -0.2) is 21.6 Å². The normalized spacial score (nSPS) is 11.5. The lowest BCUT2D eigenvalue weighted by Gasteiger charge is -2.13. The molecule has 2 N–H and O–H groups in total. The number of nitrogens with zero attached hydrogens (tertiary/aromatic N) is 3. The SMILES string of the molecule is Cc1cc(C)cc(C(=O)NC(=NCc2c(C)nn(C)c2C)Nc2ccc(Br)cc2)c1. The number of rotatable bonds is 4. The van der Waals surface area contributed by atoms with Crippen LogP contribution in [-0.2, 0) is 13.6 Å². The van der Waals surface area contributed by atoms with Crippen LogP contribution in [0.4, 0.5) is 5.69 Å². The van der Waals surface area contributed by atoms with Crippen molar-refractivity contribution >= 4 is 33.5 Å². The zero-order valence-corrected chi connectivity index (χ0v) is 19.5. The van der Waals surface area contributed by atoms with Gasteiger partial charge in [-0.2, -0.15) is 5.10 Å². The van der Waals surface area contributed by atoms with Crippen molar-refractivity contribution < 1.29 is 4.79 Å². The van der Waals surface area contributed by atoms with Gasteiger partial charge in [-0.1, -0.05) is 33.1 Å². The average Bonchev–Trinajstić information content (AvgIpc) is 2.92. The van der Waals surface area contributed by atoms with Crippen molar-refractivity contribution in [3.8, 4) is 0 Å². The molecule has 3 aromatic rings. The van der Waals surface area contributed by atoms with Gasteiger partial charge in [0.05, 0.1) is 12.2 Å². The smallest absolute Gasteiger partial charge is 0.257 e. The Bertz CT molecular complexity index is 1080. The summed E-state index contributed by atoms with van der Waals surface area (Å²) < 4.78 is 2.82. The van der Waals surface area contributed by atoms with E-state index in [0.717, 1.165) is 38.2 Å². The molecule has 0 atom stereocenters. The molecule has 1 amide bonds. The van der Waals surface area contributed by atoms with E-state index in [-0.39, 0.29) is 5.91 Å². The summed E-state index contributed by atoms with van der Waals surface area (Å²) in [6.45, 7) is 8.35. The molecule has 0 aliphatic heterocycles. The number of anilines is 1. The van der Waals surface area contributed by atoms with Crippen molar-refractivity contribution in [2.45, 2.75) is 34.2 Å². The third-order valence-electron chi connectivity index (χ3n) is 4.88. The molecule has 0 bridgehead atoms. The number of aryl methyl sites for hydroxylation is 4. The highest BCUT2D eigenvalue weighted by Gasteiger charge is 2.13. The second kappa shape index (κ2) is 9.26. The van der Waals surface area contributed by atoms with Gasteiger partial charge < -0.3 is 5.32 Å². The topological polar surface area (TPSA) is 71.3 Å². The number of nitrogens with one attached hydrogen (secondary N) is 2. The Morgan fingerprint density at radius 2 is 1.70 bits per heavy atom. The minimum atomic E-state index is -0.204. The largest absolute Gasteiger partial charge is 0.326 e. The molecule has 3 rings (SSSR count). The third kappa shape index (κ3) is 5.36.